The Morgan fingerprint density at radius 1 is 1.19 bits per heavy atom. The SMILES string of the molecule is Cc1cc(Nc2ccc3nnnn3n2)ccc1OC(C)C. The first kappa shape index (κ1) is 13.3. The van der Waals surface area contributed by atoms with Crippen molar-refractivity contribution in [3.8, 4) is 5.75 Å². The Morgan fingerprint density at radius 3 is 2.81 bits per heavy atom. The van der Waals surface area contributed by atoms with Gasteiger partial charge in [0.25, 0.3) is 0 Å². The van der Waals surface area contributed by atoms with Gasteiger partial charge in [0.1, 0.15) is 5.75 Å². The van der Waals surface area contributed by atoms with Crippen LogP contribution in [0.1, 0.15) is 19.4 Å². The maximum Gasteiger partial charge on any atom is 0.200 e. The summed E-state index contributed by atoms with van der Waals surface area (Å²) in [7, 11) is 0. The van der Waals surface area contributed by atoms with E-state index in [0.29, 0.717) is 11.5 Å². The summed E-state index contributed by atoms with van der Waals surface area (Å²) in [4.78, 5) is 0. The average molecular weight is 284 g/mol. The zero-order chi connectivity index (χ0) is 14.8. The van der Waals surface area contributed by atoms with Crippen LogP contribution >= 0.6 is 0 Å². The van der Waals surface area contributed by atoms with E-state index in [1.54, 1.807) is 6.07 Å². The number of fused-ring (bicyclic) bond motifs is 1. The molecule has 0 spiro atoms. The van der Waals surface area contributed by atoms with E-state index in [4.69, 9.17) is 4.74 Å². The second kappa shape index (κ2) is 5.35. The largest absolute Gasteiger partial charge is 0.491 e. The lowest BCUT2D eigenvalue weighted by atomic mass is 10.2. The fourth-order valence-electron chi connectivity index (χ4n) is 1.98. The van der Waals surface area contributed by atoms with Gasteiger partial charge in [0, 0.05) is 5.69 Å². The quantitative estimate of drug-likeness (QED) is 0.792. The highest BCUT2D eigenvalue weighted by molar-refractivity contribution is 5.59. The molecule has 2 aromatic heterocycles. The van der Waals surface area contributed by atoms with Gasteiger partial charge in [0.15, 0.2) is 11.5 Å². The van der Waals surface area contributed by atoms with Gasteiger partial charge in [0.2, 0.25) is 0 Å². The molecular formula is C14H16N6O. The molecular weight excluding hydrogens is 268 g/mol. The number of nitrogens with zero attached hydrogens (tertiary/aromatic N) is 5. The third-order valence-electron chi connectivity index (χ3n) is 2.88. The maximum atomic E-state index is 5.72. The highest BCUT2D eigenvalue weighted by Crippen LogP contribution is 2.24. The second-order valence-electron chi connectivity index (χ2n) is 5.02. The monoisotopic (exact) mass is 284 g/mol. The van der Waals surface area contributed by atoms with Crippen molar-refractivity contribution in [2.45, 2.75) is 26.9 Å². The van der Waals surface area contributed by atoms with Crippen LogP contribution in [-0.2, 0) is 0 Å². The molecule has 1 aromatic carbocycles. The summed E-state index contributed by atoms with van der Waals surface area (Å²) in [6, 6.07) is 9.56. The van der Waals surface area contributed by atoms with Crippen LogP contribution in [0.3, 0.4) is 0 Å². The first-order valence-electron chi connectivity index (χ1n) is 6.71. The van der Waals surface area contributed by atoms with Crippen molar-refractivity contribution < 1.29 is 4.74 Å². The normalized spacial score (nSPS) is 11.0. The van der Waals surface area contributed by atoms with Gasteiger partial charge >= 0.3 is 0 Å². The Labute approximate surface area is 121 Å². The van der Waals surface area contributed by atoms with Crippen LogP contribution < -0.4 is 10.1 Å². The van der Waals surface area contributed by atoms with Crippen molar-refractivity contribution in [2.75, 3.05) is 5.32 Å². The van der Waals surface area contributed by atoms with E-state index in [1.807, 2.05) is 45.0 Å². The first-order chi connectivity index (χ1) is 10.1. The number of ether oxygens (including phenoxy) is 1. The Hall–Kier alpha value is -2.70. The third kappa shape index (κ3) is 2.91. The molecule has 0 bridgehead atoms. The molecule has 7 heteroatoms. The highest BCUT2D eigenvalue weighted by atomic mass is 16.5. The number of benzene rings is 1. The van der Waals surface area contributed by atoms with Crippen LogP contribution in [0.2, 0.25) is 0 Å². The van der Waals surface area contributed by atoms with E-state index < -0.39 is 0 Å². The van der Waals surface area contributed by atoms with Crippen molar-refractivity contribution in [3.05, 3.63) is 35.9 Å². The topological polar surface area (TPSA) is 77.2 Å². The van der Waals surface area contributed by atoms with E-state index in [1.165, 1.54) is 4.63 Å². The predicted octanol–water partition coefficient (Wildman–Crippen LogP) is 2.36. The van der Waals surface area contributed by atoms with Gasteiger partial charge in [-0.3, -0.25) is 0 Å². The summed E-state index contributed by atoms with van der Waals surface area (Å²) >= 11 is 0. The lowest BCUT2D eigenvalue weighted by Crippen LogP contribution is -2.07. The molecule has 7 nitrogen and oxygen atoms in total. The maximum absolute atomic E-state index is 5.72. The molecule has 0 saturated carbocycles. The van der Waals surface area contributed by atoms with Crippen LogP contribution in [0.4, 0.5) is 11.5 Å². The van der Waals surface area contributed by atoms with Crippen molar-refractivity contribution >= 4 is 17.2 Å². The lowest BCUT2D eigenvalue weighted by molar-refractivity contribution is 0.241. The van der Waals surface area contributed by atoms with E-state index in [2.05, 4.69) is 25.9 Å². The van der Waals surface area contributed by atoms with Crippen LogP contribution in [0, 0.1) is 6.92 Å². The molecule has 0 aliphatic carbocycles. The minimum Gasteiger partial charge on any atom is -0.491 e. The highest BCUT2D eigenvalue weighted by Gasteiger charge is 2.05. The van der Waals surface area contributed by atoms with Crippen LogP contribution in [0.5, 0.6) is 5.75 Å². The van der Waals surface area contributed by atoms with Gasteiger partial charge in [-0.15, -0.1) is 14.8 Å². The molecule has 2 heterocycles. The minimum absolute atomic E-state index is 0.159. The molecule has 0 aliphatic rings. The Balaban J connectivity index is 1.82. The minimum atomic E-state index is 0.159. The Bertz CT molecular complexity index is 767. The van der Waals surface area contributed by atoms with Crippen LogP contribution in [0.25, 0.3) is 5.65 Å². The van der Waals surface area contributed by atoms with Gasteiger partial charge in [-0.05, 0) is 67.1 Å². The van der Waals surface area contributed by atoms with Gasteiger partial charge in [-0.1, -0.05) is 0 Å². The molecule has 0 saturated heterocycles. The fraction of sp³-hybridized carbons (Fsp3) is 0.286. The number of rotatable bonds is 4. The van der Waals surface area contributed by atoms with Crippen molar-refractivity contribution in [1.29, 1.82) is 0 Å². The average Bonchev–Trinajstić information content (AvgIpc) is 2.89. The number of hydrogen-bond donors (Lipinski definition) is 1. The van der Waals surface area contributed by atoms with E-state index >= 15 is 0 Å². The number of aromatic nitrogens is 5. The number of tetrazole rings is 1. The molecule has 1 N–H and O–H groups in total. The summed E-state index contributed by atoms with van der Waals surface area (Å²) in [5, 5.41) is 18.6. The summed E-state index contributed by atoms with van der Waals surface area (Å²) in [6.07, 6.45) is 0.159. The van der Waals surface area contributed by atoms with Crippen LogP contribution in [-0.4, -0.2) is 31.4 Å². The van der Waals surface area contributed by atoms with Crippen molar-refractivity contribution in [2.24, 2.45) is 0 Å². The fourth-order valence-corrected chi connectivity index (χ4v) is 1.98. The van der Waals surface area contributed by atoms with Gasteiger partial charge < -0.3 is 10.1 Å². The van der Waals surface area contributed by atoms with Gasteiger partial charge in [-0.2, -0.15) is 0 Å². The Morgan fingerprint density at radius 2 is 2.05 bits per heavy atom. The van der Waals surface area contributed by atoms with Gasteiger partial charge in [0.05, 0.1) is 6.10 Å². The molecule has 0 fully saturated rings. The summed E-state index contributed by atoms with van der Waals surface area (Å²) in [5.41, 5.74) is 2.61. The van der Waals surface area contributed by atoms with E-state index in [-0.39, 0.29) is 6.10 Å². The van der Waals surface area contributed by atoms with Crippen molar-refractivity contribution in [3.63, 3.8) is 0 Å². The smallest absolute Gasteiger partial charge is 0.200 e. The predicted molar refractivity (Wildman–Crippen MR) is 78.8 cm³/mol. The van der Waals surface area contributed by atoms with Gasteiger partial charge in [-0.25, -0.2) is 0 Å². The molecule has 3 rings (SSSR count). The molecule has 0 unspecified atom stereocenters. The zero-order valence-corrected chi connectivity index (χ0v) is 12.1. The molecule has 0 amide bonds. The zero-order valence-electron chi connectivity index (χ0n) is 12.1. The summed E-state index contributed by atoms with van der Waals surface area (Å²) in [6.45, 7) is 6.04. The molecule has 3 aromatic rings. The molecule has 0 radical (unpaired) electrons. The number of anilines is 2. The van der Waals surface area contributed by atoms with Crippen LogP contribution in [0.15, 0.2) is 30.3 Å². The molecule has 21 heavy (non-hydrogen) atoms. The molecule has 108 valence electrons. The second-order valence-corrected chi connectivity index (χ2v) is 5.02. The summed E-state index contributed by atoms with van der Waals surface area (Å²) < 4.78 is 7.10. The lowest BCUT2D eigenvalue weighted by Gasteiger charge is -2.13. The Kier molecular flexibility index (Phi) is 3.39. The van der Waals surface area contributed by atoms with Crippen molar-refractivity contribution in [1.82, 2.24) is 25.3 Å². The van der Waals surface area contributed by atoms with E-state index in [9.17, 15) is 0 Å². The molecule has 0 aliphatic heterocycles. The number of aryl methyl sites for hydroxylation is 1. The number of nitrogens with one attached hydrogen (secondary N) is 1. The summed E-state index contributed by atoms with van der Waals surface area (Å²) in [5.74, 6) is 1.56. The van der Waals surface area contributed by atoms with E-state index in [0.717, 1.165) is 17.0 Å². The molecule has 0 atom stereocenters. The standard InChI is InChI=1S/C14H16N6O/c1-9(2)21-12-5-4-11(8-10(12)3)15-13-6-7-14-16-18-19-20(14)17-13/h4-9H,1-3H3,(H,15,17). The third-order valence-corrected chi connectivity index (χ3v) is 2.88. The first-order valence-corrected chi connectivity index (χ1v) is 6.71. The number of hydrogen-bond acceptors (Lipinski definition) is 6.